The molecule has 1 aliphatic rings. The van der Waals surface area contributed by atoms with Crippen LogP contribution < -0.4 is 10.2 Å². The van der Waals surface area contributed by atoms with Gasteiger partial charge in [-0.15, -0.1) is 11.3 Å². The molecule has 0 bridgehead atoms. The Morgan fingerprint density at radius 3 is 2.96 bits per heavy atom. The Morgan fingerprint density at radius 1 is 1.48 bits per heavy atom. The number of nitrogens with one attached hydrogen (secondary N) is 1. The van der Waals surface area contributed by atoms with Crippen LogP contribution in [0.4, 0.5) is 5.69 Å². The monoisotopic (exact) mass is 389 g/mol. The molecule has 0 fully saturated rings. The Hall–Kier alpha value is -2.94. The molecule has 27 heavy (non-hydrogen) atoms. The van der Waals surface area contributed by atoms with E-state index in [2.05, 4.69) is 17.5 Å². The van der Waals surface area contributed by atoms with Crippen molar-refractivity contribution < 1.29 is 19.6 Å². The summed E-state index contributed by atoms with van der Waals surface area (Å²) in [4.78, 5) is 24.4. The number of nitro groups is 1. The zero-order valence-electron chi connectivity index (χ0n) is 14.9. The highest BCUT2D eigenvalue weighted by Crippen LogP contribution is 2.36. The number of ether oxygens (including phenoxy) is 1. The maximum absolute atomic E-state index is 12.3. The number of methoxy groups -OCH3 is 1. The molecule has 9 heteroatoms. The number of rotatable bonds is 5. The van der Waals surface area contributed by atoms with Crippen LogP contribution in [0.25, 0.3) is 0 Å². The number of nitro benzene ring substituents is 1. The number of aryl methyl sites for hydroxylation is 1. The lowest BCUT2D eigenvalue weighted by atomic mass is 9.90. The van der Waals surface area contributed by atoms with Crippen LogP contribution in [-0.4, -0.2) is 29.3 Å². The van der Waals surface area contributed by atoms with Gasteiger partial charge in [0.2, 0.25) is 5.75 Å². The predicted octanol–water partition coefficient (Wildman–Crippen LogP) is 3.26. The fraction of sp³-hybridized carbons (Fsp3) is 0.333. The first-order valence-corrected chi connectivity index (χ1v) is 9.21. The van der Waals surface area contributed by atoms with Crippen LogP contribution in [0, 0.1) is 16.0 Å². The third kappa shape index (κ3) is 4.08. The van der Waals surface area contributed by atoms with E-state index < -0.39 is 16.4 Å². The second-order valence-corrected chi connectivity index (χ2v) is 7.59. The summed E-state index contributed by atoms with van der Waals surface area (Å²) < 4.78 is 4.93. The number of thiophene rings is 1. The molecule has 8 nitrogen and oxygen atoms in total. The van der Waals surface area contributed by atoms with Crippen LogP contribution >= 0.6 is 11.3 Å². The Morgan fingerprint density at radius 2 is 2.26 bits per heavy atom. The summed E-state index contributed by atoms with van der Waals surface area (Å²) in [5.74, 6) is -0.293. The zero-order chi connectivity index (χ0) is 19.6. The molecule has 0 spiro atoms. The maximum Gasteiger partial charge on any atom is 0.315 e. The van der Waals surface area contributed by atoms with Gasteiger partial charge in [0.25, 0.3) is 5.91 Å². The van der Waals surface area contributed by atoms with Gasteiger partial charge >= 0.3 is 5.69 Å². The number of hydrogen-bond acceptors (Lipinski definition) is 7. The van der Waals surface area contributed by atoms with Gasteiger partial charge < -0.3 is 9.84 Å². The number of nitrogens with zero attached hydrogens (tertiary/aromatic N) is 2. The number of benzene rings is 1. The van der Waals surface area contributed by atoms with Gasteiger partial charge in [-0.25, -0.2) is 5.43 Å². The number of phenolic OH excluding ortho intramolecular Hbond substituents is 1. The van der Waals surface area contributed by atoms with Crippen LogP contribution in [0.3, 0.4) is 0 Å². The molecule has 142 valence electrons. The minimum absolute atomic E-state index is 0.0444. The number of hydrazone groups is 1. The van der Waals surface area contributed by atoms with Crippen LogP contribution in [0.1, 0.15) is 39.0 Å². The van der Waals surface area contributed by atoms with E-state index >= 15 is 0 Å². The first-order valence-electron chi connectivity index (χ1n) is 8.39. The van der Waals surface area contributed by atoms with Gasteiger partial charge in [-0.05, 0) is 42.9 Å². The van der Waals surface area contributed by atoms with Crippen LogP contribution in [-0.2, 0) is 12.8 Å². The highest BCUT2D eigenvalue weighted by atomic mass is 32.1. The molecule has 1 amide bonds. The van der Waals surface area contributed by atoms with Gasteiger partial charge in [0, 0.05) is 16.5 Å². The number of fused-ring (bicyclic) bond motifs is 1. The number of hydrogen-bond donors (Lipinski definition) is 2. The fourth-order valence-electron chi connectivity index (χ4n) is 3.02. The summed E-state index contributed by atoms with van der Waals surface area (Å²) in [7, 11) is 1.29. The number of phenols is 1. The second-order valence-electron chi connectivity index (χ2n) is 6.45. The van der Waals surface area contributed by atoms with Crippen LogP contribution in [0.2, 0.25) is 0 Å². The molecule has 0 aliphatic heterocycles. The Labute approximate surface area is 159 Å². The average Bonchev–Trinajstić information content (AvgIpc) is 3.05. The zero-order valence-corrected chi connectivity index (χ0v) is 15.7. The molecule has 2 aromatic rings. The standard InChI is InChI=1S/C18H19N3O5S/c1-10-3-4-15-12(5-10)8-16(27-15)18(23)20-19-9-11-6-13(21(24)25)17(22)14(7-11)26-2/h6-10,22H,3-5H2,1-2H3,(H,20,23)/b19-9+/t10-/m0/s1. The van der Waals surface area contributed by atoms with E-state index in [0.29, 0.717) is 16.4 Å². The van der Waals surface area contributed by atoms with E-state index in [-0.39, 0.29) is 11.7 Å². The van der Waals surface area contributed by atoms with Crippen molar-refractivity contribution in [1.82, 2.24) is 5.43 Å². The minimum atomic E-state index is -0.717. The topological polar surface area (TPSA) is 114 Å². The van der Waals surface area contributed by atoms with Crippen molar-refractivity contribution in [2.75, 3.05) is 7.11 Å². The smallest absolute Gasteiger partial charge is 0.315 e. The normalized spacial score (nSPS) is 16.1. The Balaban J connectivity index is 1.73. The van der Waals surface area contributed by atoms with Crippen molar-refractivity contribution in [2.45, 2.75) is 26.2 Å². The van der Waals surface area contributed by atoms with Crippen molar-refractivity contribution in [3.63, 3.8) is 0 Å². The quantitative estimate of drug-likeness (QED) is 0.463. The molecule has 0 saturated heterocycles. The third-order valence-corrected chi connectivity index (χ3v) is 5.66. The van der Waals surface area contributed by atoms with E-state index in [1.54, 1.807) is 0 Å². The lowest BCUT2D eigenvalue weighted by Gasteiger charge is -2.16. The summed E-state index contributed by atoms with van der Waals surface area (Å²) >= 11 is 1.48. The number of amides is 1. The van der Waals surface area contributed by atoms with Gasteiger partial charge in [-0.2, -0.15) is 5.10 Å². The Kier molecular flexibility index (Phi) is 5.41. The summed E-state index contributed by atoms with van der Waals surface area (Å²) in [5.41, 5.74) is 3.48. The molecule has 1 atom stereocenters. The van der Waals surface area contributed by atoms with Crippen LogP contribution in [0.15, 0.2) is 23.3 Å². The SMILES string of the molecule is COc1cc(/C=N/NC(=O)c2cc3c(s2)CC[C@H](C)C3)cc([N+](=O)[O-])c1O. The largest absolute Gasteiger partial charge is 0.500 e. The molecule has 1 heterocycles. The molecule has 1 aliphatic carbocycles. The molecule has 3 rings (SSSR count). The Bertz CT molecular complexity index is 922. The van der Waals surface area contributed by atoms with Crippen molar-refractivity contribution in [3.8, 4) is 11.5 Å². The van der Waals surface area contributed by atoms with Gasteiger partial charge in [0.05, 0.1) is 23.1 Å². The summed E-state index contributed by atoms with van der Waals surface area (Å²) in [6.45, 7) is 2.20. The number of aromatic hydroxyl groups is 1. The van der Waals surface area contributed by atoms with Crippen molar-refractivity contribution in [2.24, 2.45) is 11.0 Å². The van der Waals surface area contributed by atoms with E-state index in [1.807, 2.05) is 6.07 Å². The van der Waals surface area contributed by atoms with E-state index in [0.717, 1.165) is 25.3 Å². The number of carbonyl (C=O) groups excluding carboxylic acids is 1. The minimum Gasteiger partial charge on any atom is -0.500 e. The van der Waals surface area contributed by atoms with Gasteiger partial charge in [0.1, 0.15) is 0 Å². The van der Waals surface area contributed by atoms with E-state index in [4.69, 9.17) is 4.74 Å². The summed E-state index contributed by atoms with van der Waals surface area (Å²) in [6, 6.07) is 4.46. The van der Waals surface area contributed by atoms with Gasteiger partial charge in [-0.1, -0.05) is 6.92 Å². The van der Waals surface area contributed by atoms with E-state index in [9.17, 15) is 20.0 Å². The van der Waals surface area contributed by atoms with Crippen molar-refractivity contribution >= 4 is 29.1 Å². The molecule has 2 N–H and O–H groups in total. The van der Waals surface area contributed by atoms with Gasteiger partial charge in [0.15, 0.2) is 5.75 Å². The second kappa shape index (κ2) is 7.75. The molecule has 1 aromatic heterocycles. The highest BCUT2D eigenvalue weighted by Gasteiger charge is 2.21. The third-order valence-electron chi connectivity index (χ3n) is 4.43. The lowest BCUT2D eigenvalue weighted by molar-refractivity contribution is -0.386. The van der Waals surface area contributed by atoms with Gasteiger partial charge in [-0.3, -0.25) is 14.9 Å². The molecule has 0 unspecified atom stereocenters. The first-order chi connectivity index (χ1) is 12.9. The lowest BCUT2D eigenvalue weighted by Crippen LogP contribution is -2.16. The molecular weight excluding hydrogens is 370 g/mol. The first kappa shape index (κ1) is 18.8. The number of carbonyl (C=O) groups is 1. The fourth-order valence-corrected chi connectivity index (χ4v) is 4.12. The molecule has 0 saturated carbocycles. The molecule has 1 aromatic carbocycles. The summed E-state index contributed by atoms with van der Waals surface area (Å²) in [5, 5.41) is 24.6. The predicted molar refractivity (Wildman–Crippen MR) is 102 cm³/mol. The summed E-state index contributed by atoms with van der Waals surface area (Å²) in [6.07, 6.45) is 4.38. The van der Waals surface area contributed by atoms with Crippen molar-refractivity contribution in [1.29, 1.82) is 0 Å². The van der Waals surface area contributed by atoms with Crippen molar-refractivity contribution in [3.05, 3.63) is 49.2 Å². The van der Waals surface area contributed by atoms with E-state index in [1.165, 1.54) is 41.2 Å². The maximum atomic E-state index is 12.3. The van der Waals surface area contributed by atoms with Crippen LogP contribution in [0.5, 0.6) is 11.5 Å². The average molecular weight is 389 g/mol. The highest BCUT2D eigenvalue weighted by molar-refractivity contribution is 7.14. The molecule has 0 radical (unpaired) electrons. The molecular formula is C18H19N3O5S.